The van der Waals surface area contributed by atoms with E-state index in [2.05, 4.69) is 97.9 Å². The van der Waals surface area contributed by atoms with Crippen molar-refractivity contribution in [3.63, 3.8) is 0 Å². The molecule has 0 aliphatic carbocycles. The molecule has 1 atom stereocenters. The number of carboxylic acid groups (broad SMARTS) is 1. The standard InChI is InChI=1S/C24H25O2P.BrH/c1-20(12-11-19-24(25)26)27(21-13-5-2-6-14-21,22-15-7-3-8-16-22)23-17-9-4-10-18-23;/h2-10,13-18,20H,11-12,19H2,1H3;1H. The molecule has 2 nitrogen and oxygen atoms in total. The largest absolute Gasteiger partial charge is 1.00 e. The highest BCUT2D eigenvalue weighted by Gasteiger charge is 2.49. The van der Waals surface area contributed by atoms with Gasteiger partial charge >= 0.3 is 5.97 Å². The molecule has 1 unspecified atom stereocenters. The average Bonchev–Trinajstić information content (AvgIpc) is 2.71. The van der Waals surface area contributed by atoms with E-state index in [9.17, 15) is 4.79 Å². The Morgan fingerprint density at radius 2 is 1.14 bits per heavy atom. The van der Waals surface area contributed by atoms with Crippen molar-refractivity contribution in [2.24, 2.45) is 0 Å². The van der Waals surface area contributed by atoms with Crippen LogP contribution in [0.25, 0.3) is 0 Å². The number of rotatable bonds is 8. The van der Waals surface area contributed by atoms with Crippen LogP contribution in [0, 0.1) is 0 Å². The molecule has 1 N–H and O–H groups in total. The zero-order valence-electron chi connectivity index (χ0n) is 16.0. The smallest absolute Gasteiger partial charge is 0.303 e. The molecular weight excluding hydrogens is 431 g/mol. The second-order valence-corrected chi connectivity index (χ2v) is 10.7. The minimum atomic E-state index is -1.90. The van der Waals surface area contributed by atoms with Crippen LogP contribution in [0.5, 0.6) is 0 Å². The van der Waals surface area contributed by atoms with Crippen LogP contribution in [0.2, 0.25) is 0 Å². The Bertz CT molecular complexity index is 757. The highest BCUT2D eigenvalue weighted by atomic mass is 79.9. The first-order valence-corrected chi connectivity index (χ1v) is 11.3. The molecule has 0 amide bonds. The molecule has 0 spiro atoms. The van der Waals surface area contributed by atoms with Crippen molar-refractivity contribution < 1.29 is 26.9 Å². The van der Waals surface area contributed by atoms with Gasteiger partial charge in [0.1, 0.15) is 23.2 Å². The topological polar surface area (TPSA) is 37.3 Å². The van der Waals surface area contributed by atoms with Crippen molar-refractivity contribution in [2.75, 3.05) is 0 Å². The molecule has 0 aromatic heterocycles. The van der Waals surface area contributed by atoms with Crippen LogP contribution in [0.3, 0.4) is 0 Å². The molecule has 0 aliphatic rings. The van der Waals surface area contributed by atoms with Crippen molar-refractivity contribution in [1.29, 1.82) is 0 Å². The number of hydrogen-bond acceptors (Lipinski definition) is 1. The second kappa shape index (κ2) is 10.5. The average molecular weight is 457 g/mol. The number of hydrogen-bond donors (Lipinski definition) is 1. The maximum absolute atomic E-state index is 11.0. The van der Waals surface area contributed by atoms with Crippen LogP contribution in [-0.4, -0.2) is 16.7 Å². The molecule has 28 heavy (non-hydrogen) atoms. The Balaban J connectivity index is 0.00000280. The maximum atomic E-state index is 11.0. The van der Waals surface area contributed by atoms with E-state index < -0.39 is 13.2 Å². The molecule has 0 aliphatic heterocycles. The van der Waals surface area contributed by atoms with Gasteiger partial charge in [-0.25, -0.2) is 0 Å². The first-order valence-electron chi connectivity index (χ1n) is 9.43. The van der Waals surface area contributed by atoms with E-state index in [1.165, 1.54) is 15.9 Å². The number of halogens is 1. The third-order valence-electron chi connectivity index (χ3n) is 5.16. The Morgan fingerprint density at radius 1 is 0.786 bits per heavy atom. The van der Waals surface area contributed by atoms with Crippen LogP contribution in [0.4, 0.5) is 0 Å². The van der Waals surface area contributed by atoms with Crippen molar-refractivity contribution >= 4 is 29.1 Å². The number of carbonyl (C=O) groups is 1. The fraction of sp³-hybridized carbons (Fsp3) is 0.208. The van der Waals surface area contributed by atoms with Crippen LogP contribution >= 0.6 is 7.26 Å². The summed E-state index contributed by atoms with van der Waals surface area (Å²) in [6.07, 6.45) is 1.81. The minimum absolute atomic E-state index is 0. The second-order valence-electron chi connectivity index (χ2n) is 6.86. The van der Waals surface area contributed by atoms with Crippen LogP contribution in [0.1, 0.15) is 26.2 Å². The number of benzene rings is 3. The fourth-order valence-electron chi connectivity index (χ4n) is 3.94. The van der Waals surface area contributed by atoms with E-state index in [0.717, 1.165) is 6.42 Å². The summed E-state index contributed by atoms with van der Waals surface area (Å²) < 4.78 is 0. The predicted octanol–water partition coefficient (Wildman–Crippen LogP) is 1.63. The van der Waals surface area contributed by atoms with E-state index in [4.69, 9.17) is 5.11 Å². The summed E-state index contributed by atoms with van der Waals surface area (Å²) in [5, 5.41) is 13.1. The van der Waals surface area contributed by atoms with Crippen molar-refractivity contribution in [2.45, 2.75) is 31.8 Å². The lowest BCUT2D eigenvalue weighted by molar-refractivity contribution is -0.137. The fourth-order valence-corrected chi connectivity index (χ4v) is 8.86. The highest BCUT2D eigenvalue weighted by Crippen LogP contribution is 2.60. The monoisotopic (exact) mass is 456 g/mol. The molecule has 3 aromatic carbocycles. The molecule has 0 saturated heterocycles. The Kier molecular flexibility index (Phi) is 8.41. The van der Waals surface area contributed by atoms with Gasteiger partial charge in [-0.3, -0.25) is 4.79 Å². The van der Waals surface area contributed by atoms with Crippen LogP contribution in [-0.2, 0) is 4.79 Å². The summed E-state index contributed by atoms with van der Waals surface area (Å²) in [7, 11) is -1.90. The highest BCUT2D eigenvalue weighted by molar-refractivity contribution is 7.96. The van der Waals surface area contributed by atoms with Gasteiger partial charge in [0, 0.05) is 6.42 Å². The molecule has 3 aromatic rings. The number of aliphatic carboxylic acids is 1. The molecule has 0 fully saturated rings. The number of carboxylic acids is 1. The van der Waals surface area contributed by atoms with Gasteiger partial charge in [0.15, 0.2) is 0 Å². The molecule has 0 saturated carbocycles. The van der Waals surface area contributed by atoms with Gasteiger partial charge in [-0.1, -0.05) is 54.6 Å². The molecular formula is C24H26BrO2P. The Hall–Kier alpha value is -1.96. The Labute approximate surface area is 178 Å². The molecule has 3 rings (SSSR count). The van der Waals surface area contributed by atoms with E-state index in [1.807, 2.05) is 0 Å². The van der Waals surface area contributed by atoms with Gasteiger partial charge < -0.3 is 22.1 Å². The quantitative estimate of drug-likeness (QED) is 0.523. The predicted molar refractivity (Wildman–Crippen MR) is 116 cm³/mol. The summed E-state index contributed by atoms with van der Waals surface area (Å²) in [6.45, 7) is 2.29. The summed E-state index contributed by atoms with van der Waals surface area (Å²) in [5.41, 5.74) is 0.351. The molecule has 0 bridgehead atoms. The van der Waals surface area contributed by atoms with E-state index in [0.29, 0.717) is 12.1 Å². The van der Waals surface area contributed by atoms with Crippen LogP contribution < -0.4 is 32.9 Å². The van der Waals surface area contributed by atoms with E-state index >= 15 is 0 Å². The summed E-state index contributed by atoms with van der Waals surface area (Å²) in [6, 6.07) is 32.3. The van der Waals surface area contributed by atoms with Gasteiger partial charge in [-0.15, -0.1) is 0 Å². The SMILES string of the molecule is CC(CCCC(=O)O)[P+](c1ccccc1)(c1ccccc1)c1ccccc1.[Br-]. The zero-order valence-corrected chi connectivity index (χ0v) is 18.5. The first kappa shape index (κ1) is 22.3. The maximum Gasteiger partial charge on any atom is 0.303 e. The first-order chi connectivity index (χ1) is 13.2. The van der Waals surface area contributed by atoms with E-state index in [1.54, 1.807) is 0 Å². The van der Waals surface area contributed by atoms with Crippen LogP contribution in [0.15, 0.2) is 91.0 Å². The lowest BCUT2D eigenvalue weighted by atomic mass is 10.2. The van der Waals surface area contributed by atoms with E-state index in [-0.39, 0.29) is 23.4 Å². The van der Waals surface area contributed by atoms with Gasteiger partial charge in [0.05, 0.1) is 5.66 Å². The normalized spacial score (nSPS) is 12.0. The zero-order chi connectivity index (χ0) is 19.1. The minimum Gasteiger partial charge on any atom is -1.00 e. The van der Waals surface area contributed by atoms with Crippen molar-refractivity contribution in [3.8, 4) is 0 Å². The lowest BCUT2D eigenvalue weighted by Gasteiger charge is -2.33. The Morgan fingerprint density at radius 3 is 1.46 bits per heavy atom. The van der Waals surface area contributed by atoms with Crippen molar-refractivity contribution in [3.05, 3.63) is 91.0 Å². The third kappa shape index (κ3) is 4.71. The molecule has 0 heterocycles. The summed E-state index contributed by atoms with van der Waals surface area (Å²) in [5.74, 6) is -0.717. The van der Waals surface area contributed by atoms with Gasteiger partial charge in [-0.2, -0.15) is 0 Å². The van der Waals surface area contributed by atoms with Gasteiger partial charge in [-0.05, 0) is 56.2 Å². The van der Waals surface area contributed by atoms with Crippen molar-refractivity contribution in [1.82, 2.24) is 0 Å². The van der Waals surface area contributed by atoms with Gasteiger partial charge in [0.25, 0.3) is 0 Å². The molecule has 146 valence electrons. The summed E-state index contributed by atoms with van der Waals surface area (Å²) in [4.78, 5) is 11.0. The molecule has 0 radical (unpaired) electrons. The molecule has 4 heteroatoms. The van der Waals surface area contributed by atoms with Gasteiger partial charge in [0.2, 0.25) is 0 Å². The third-order valence-corrected chi connectivity index (χ3v) is 10.1. The lowest BCUT2D eigenvalue weighted by Crippen LogP contribution is -3.00. The summed E-state index contributed by atoms with van der Waals surface area (Å²) >= 11 is 0.